The molecule has 0 fully saturated rings. The highest BCUT2D eigenvalue weighted by Crippen LogP contribution is 2.30. The van der Waals surface area contributed by atoms with Crippen LogP contribution in [0.2, 0.25) is 5.02 Å². The SMILES string of the molecule is O=c1cc(Cl)ccn1-c1ccc(-n2nccc2C(F)(F)F)cc1. The predicted octanol–water partition coefficient (Wildman–Crippen LogP) is 3.70. The van der Waals surface area contributed by atoms with Crippen molar-refractivity contribution in [3.8, 4) is 11.4 Å². The molecule has 0 spiro atoms. The van der Waals surface area contributed by atoms with E-state index in [0.717, 1.165) is 16.9 Å². The van der Waals surface area contributed by atoms with Crippen LogP contribution in [0.25, 0.3) is 11.4 Å². The topological polar surface area (TPSA) is 39.8 Å². The maximum Gasteiger partial charge on any atom is 0.433 e. The summed E-state index contributed by atoms with van der Waals surface area (Å²) in [4.78, 5) is 11.9. The highest BCUT2D eigenvalue weighted by Gasteiger charge is 2.35. The number of aromatic nitrogens is 3. The van der Waals surface area contributed by atoms with E-state index in [4.69, 9.17) is 11.6 Å². The number of rotatable bonds is 2. The standard InChI is InChI=1S/C15H9ClF3N3O/c16-10-6-8-21(14(23)9-10)11-1-3-12(4-2-11)22-13(5-7-20-22)15(17,18)19/h1-9H. The summed E-state index contributed by atoms with van der Waals surface area (Å²) in [7, 11) is 0. The molecule has 0 N–H and O–H groups in total. The van der Waals surface area contributed by atoms with Crippen LogP contribution >= 0.6 is 11.6 Å². The molecule has 2 aromatic heterocycles. The van der Waals surface area contributed by atoms with Crippen molar-refractivity contribution in [1.29, 1.82) is 0 Å². The van der Waals surface area contributed by atoms with E-state index in [1.807, 2.05) is 0 Å². The molecular formula is C15H9ClF3N3O. The Morgan fingerprint density at radius 3 is 2.26 bits per heavy atom. The van der Waals surface area contributed by atoms with Crippen LogP contribution in [0, 0.1) is 0 Å². The number of halogens is 4. The summed E-state index contributed by atoms with van der Waals surface area (Å²) in [6.45, 7) is 0. The molecule has 2 heterocycles. The van der Waals surface area contributed by atoms with E-state index < -0.39 is 11.9 Å². The van der Waals surface area contributed by atoms with Gasteiger partial charge in [0, 0.05) is 23.0 Å². The number of alkyl halides is 3. The van der Waals surface area contributed by atoms with E-state index >= 15 is 0 Å². The van der Waals surface area contributed by atoms with Crippen molar-refractivity contribution in [2.24, 2.45) is 0 Å². The molecule has 0 bridgehead atoms. The second-order valence-corrected chi connectivity index (χ2v) is 5.13. The fourth-order valence-corrected chi connectivity index (χ4v) is 2.30. The van der Waals surface area contributed by atoms with Crippen molar-refractivity contribution in [2.45, 2.75) is 6.18 Å². The van der Waals surface area contributed by atoms with Crippen LogP contribution in [-0.2, 0) is 6.18 Å². The van der Waals surface area contributed by atoms with Gasteiger partial charge in [0.1, 0.15) is 5.69 Å². The first-order valence-electron chi connectivity index (χ1n) is 6.46. The lowest BCUT2D eigenvalue weighted by Gasteiger charge is -2.11. The Bertz CT molecular complexity index is 897. The quantitative estimate of drug-likeness (QED) is 0.714. The summed E-state index contributed by atoms with van der Waals surface area (Å²) in [5, 5.41) is 4.01. The molecule has 8 heteroatoms. The van der Waals surface area contributed by atoms with Gasteiger partial charge in [0.05, 0.1) is 11.9 Å². The molecule has 0 radical (unpaired) electrons. The molecule has 0 aliphatic carbocycles. The zero-order valence-electron chi connectivity index (χ0n) is 11.5. The molecule has 118 valence electrons. The van der Waals surface area contributed by atoms with Crippen LogP contribution in [-0.4, -0.2) is 14.3 Å². The fourth-order valence-electron chi connectivity index (χ4n) is 2.15. The van der Waals surface area contributed by atoms with Crippen molar-refractivity contribution in [3.05, 3.63) is 75.9 Å². The average Bonchev–Trinajstić information content (AvgIpc) is 2.97. The highest BCUT2D eigenvalue weighted by molar-refractivity contribution is 6.30. The first kappa shape index (κ1) is 15.4. The van der Waals surface area contributed by atoms with Gasteiger partial charge < -0.3 is 0 Å². The van der Waals surface area contributed by atoms with E-state index in [0.29, 0.717) is 10.7 Å². The zero-order chi connectivity index (χ0) is 16.6. The Balaban J connectivity index is 2.01. The minimum absolute atomic E-state index is 0.244. The molecule has 1 aromatic carbocycles. The second-order valence-electron chi connectivity index (χ2n) is 4.70. The summed E-state index contributed by atoms with van der Waals surface area (Å²) in [6, 6.07) is 9.69. The third-order valence-electron chi connectivity index (χ3n) is 3.19. The largest absolute Gasteiger partial charge is 0.433 e. The van der Waals surface area contributed by atoms with Gasteiger partial charge in [0.25, 0.3) is 5.56 Å². The van der Waals surface area contributed by atoms with Crippen LogP contribution in [0.15, 0.2) is 59.7 Å². The Morgan fingerprint density at radius 2 is 1.65 bits per heavy atom. The summed E-state index contributed by atoms with van der Waals surface area (Å²) >= 11 is 5.73. The van der Waals surface area contributed by atoms with Crippen LogP contribution in [0.1, 0.15) is 5.69 Å². The molecule has 0 amide bonds. The van der Waals surface area contributed by atoms with Gasteiger partial charge in [-0.05, 0) is 36.4 Å². The van der Waals surface area contributed by atoms with Gasteiger partial charge in [0.15, 0.2) is 0 Å². The van der Waals surface area contributed by atoms with Crippen molar-refractivity contribution in [3.63, 3.8) is 0 Å². The van der Waals surface area contributed by atoms with E-state index in [1.54, 1.807) is 6.07 Å². The van der Waals surface area contributed by atoms with E-state index in [9.17, 15) is 18.0 Å². The second kappa shape index (κ2) is 5.58. The number of benzene rings is 1. The van der Waals surface area contributed by atoms with Crippen LogP contribution in [0.4, 0.5) is 13.2 Å². The molecule has 0 atom stereocenters. The van der Waals surface area contributed by atoms with Crippen LogP contribution in [0.5, 0.6) is 0 Å². The third-order valence-corrected chi connectivity index (χ3v) is 3.42. The molecule has 0 aliphatic rings. The molecule has 0 saturated carbocycles. The number of hydrogen-bond donors (Lipinski definition) is 0. The lowest BCUT2D eigenvalue weighted by Crippen LogP contribution is -2.16. The number of hydrogen-bond acceptors (Lipinski definition) is 2. The van der Waals surface area contributed by atoms with Gasteiger partial charge in [0.2, 0.25) is 0 Å². The predicted molar refractivity (Wildman–Crippen MR) is 79.2 cm³/mol. The molecule has 4 nitrogen and oxygen atoms in total. The van der Waals surface area contributed by atoms with Gasteiger partial charge in [-0.3, -0.25) is 9.36 Å². The smallest absolute Gasteiger partial charge is 0.284 e. The molecule has 3 rings (SSSR count). The first-order valence-corrected chi connectivity index (χ1v) is 6.84. The summed E-state index contributed by atoms with van der Waals surface area (Å²) in [5.41, 5.74) is -0.446. The van der Waals surface area contributed by atoms with Crippen molar-refractivity contribution in [1.82, 2.24) is 14.3 Å². The summed E-state index contributed by atoms with van der Waals surface area (Å²) in [5.74, 6) is 0. The molecule has 0 unspecified atom stereocenters. The Morgan fingerprint density at radius 1 is 1.00 bits per heavy atom. The van der Waals surface area contributed by atoms with E-state index in [2.05, 4.69) is 5.10 Å². The van der Waals surface area contributed by atoms with Crippen molar-refractivity contribution >= 4 is 11.6 Å². The molecule has 23 heavy (non-hydrogen) atoms. The minimum Gasteiger partial charge on any atom is -0.284 e. The minimum atomic E-state index is -4.50. The number of nitrogens with zero attached hydrogens (tertiary/aromatic N) is 3. The third kappa shape index (κ3) is 3.00. The lowest BCUT2D eigenvalue weighted by molar-refractivity contribution is -0.142. The highest BCUT2D eigenvalue weighted by atomic mass is 35.5. The average molecular weight is 340 g/mol. The summed E-state index contributed by atoms with van der Waals surface area (Å²) in [6.07, 6.45) is -1.92. The van der Waals surface area contributed by atoms with E-state index in [-0.39, 0.29) is 11.2 Å². The maximum atomic E-state index is 12.9. The Labute approximate surface area is 133 Å². The fraction of sp³-hybridized carbons (Fsp3) is 0.0667. The molecule has 0 saturated heterocycles. The first-order chi connectivity index (χ1) is 10.9. The molecular weight excluding hydrogens is 331 g/mol. The Hall–Kier alpha value is -2.54. The van der Waals surface area contributed by atoms with E-state index in [1.165, 1.54) is 41.1 Å². The van der Waals surface area contributed by atoms with Gasteiger partial charge in [-0.15, -0.1) is 0 Å². The Kier molecular flexibility index (Phi) is 3.73. The maximum absolute atomic E-state index is 12.9. The number of pyridine rings is 1. The van der Waals surface area contributed by atoms with Gasteiger partial charge >= 0.3 is 6.18 Å². The molecule has 3 aromatic rings. The van der Waals surface area contributed by atoms with Crippen molar-refractivity contribution in [2.75, 3.05) is 0 Å². The lowest BCUT2D eigenvalue weighted by atomic mass is 10.2. The zero-order valence-corrected chi connectivity index (χ0v) is 12.2. The molecule has 0 aliphatic heterocycles. The van der Waals surface area contributed by atoms with Gasteiger partial charge in [-0.25, -0.2) is 4.68 Å². The van der Waals surface area contributed by atoms with Crippen LogP contribution in [0.3, 0.4) is 0 Å². The normalized spacial score (nSPS) is 11.7. The van der Waals surface area contributed by atoms with Gasteiger partial charge in [-0.1, -0.05) is 11.6 Å². The van der Waals surface area contributed by atoms with Crippen LogP contribution < -0.4 is 5.56 Å². The van der Waals surface area contributed by atoms with Crippen molar-refractivity contribution < 1.29 is 13.2 Å². The van der Waals surface area contributed by atoms with Gasteiger partial charge in [-0.2, -0.15) is 18.3 Å². The monoisotopic (exact) mass is 339 g/mol. The summed E-state index contributed by atoms with van der Waals surface area (Å²) < 4.78 is 40.8.